The van der Waals surface area contributed by atoms with Crippen LogP contribution in [0.3, 0.4) is 0 Å². The second-order valence-corrected chi connectivity index (χ2v) is 16.5. The number of hydrogen-bond acceptors (Lipinski definition) is 5. The average molecular weight is 625 g/mol. The number of fused-ring (bicyclic) bond motifs is 4. The molecule has 44 heavy (non-hydrogen) atoms. The molecule has 4 aliphatic heterocycles. The minimum absolute atomic E-state index is 0.0162. The van der Waals surface area contributed by atoms with Crippen molar-refractivity contribution in [2.45, 2.75) is 95.0 Å². The van der Waals surface area contributed by atoms with Gasteiger partial charge in [0.25, 0.3) is 0 Å². The van der Waals surface area contributed by atoms with Gasteiger partial charge in [-0.2, -0.15) is 0 Å². The van der Waals surface area contributed by atoms with Crippen LogP contribution in [0.4, 0.5) is 5.69 Å². The zero-order valence-electron chi connectivity index (χ0n) is 27.9. The maximum Gasteiger partial charge on any atom is 0.179 e. The smallest absolute Gasteiger partial charge is 0.179 e. The molecule has 0 aromatic heterocycles. The van der Waals surface area contributed by atoms with Crippen molar-refractivity contribution in [3.8, 4) is 0 Å². The number of quaternary nitrogens is 1. The Morgan fingerprint density at radius 3 is 2.11 bits per heavy atom. The first-order valence-electron chi connectivity index (χ1n) is 17.5. The Morgan fingerprint density at radius 2 is 1.52 bits per heavy atom. The quantitative estimate of drug-likeness (QED) is 0.199. The van der Waals surface area contributed by atoms with Crippen LogP contribution in [0.5, 0.6) is 0 Å². The van der Waals surface area contributed by atoms with Gasteiger partial charge in [-0.25, -0.2) is 8.42 Å². The lowest BCUT2D eigenvalue weighted by Crippen LogP contribution is -2.67. The third-order valence-corrected chi connectivity index (χ3v) is 13.3. The number of aliphatic hydroxyl groups is 1. The van der Waals surface area contributed by atoms with Gasteiger partial charge in [0, 0.05) is 50.7 Å². The van der Waals surface area contributed by atoms with Gasteiger partial charge in [0.1, 0.15) is 0 Å². The number of anilines is 1. The Labute approximate surface area is 268 Å². The predicted octanol–water partition coefficient (Wildman–Crippen LogP) is 6.26. The van der Waals surface area contributed by atoms with Crippen molar-refractivity contribution < 1.29 is 18.0 Å². The molecule has 0 aliphatic carbocycles. The average Bonchev–Trinajstić information content (AvgIpc) is 3.10. The summed E-state index contributed by atoms with van der Waals surface area (Å²) < 4.78 is 29.5. The van der Waals surface area contributed by atoms with Crippen molar-refractivity contribution >= 4 is 15.5 Å². The van der Waals surface area contributed by atoms with Crippen LogP contribution in [0, 0.1) is 5.41 Å². The summed E-state index contributed by atoms with van der Waals surface area (Å²) in [4.78, 5) is 5.03. The van der Waals surface area contributed by atoms with E-state index in [0.29, 0.717) is 4.90 Å². The molecule has 3 saturated heterocycles. The van der Waals surface area contributed by atoms with Gasteiger partial charge in [-0.3, -0.25) is 4.90 Å². The highest BCUT2D eigenvalue weighted by Crippen LogP contribution is 2.50. The van der Waals surface area contributed by atoms with E-state index >= 15 is 0 Å². The predicted molar refractivity (Wildman–Crippen MR) is 182 cm³/mol. The Kier molecular flexibility index (Phi) is 10.8. The molecule has 2 atom stereocenters. The number of aliphatic hydroxyl groups excluding tert-OH is 1. The van der Waals surface area contributed by atoms with Crippen LogP contribution in [0.25, 0.3) is 0 Å². The highest BCUT2D eigenvalue weighted by Gasteiger charge is 2.49. The topological polar surface area (TPSA) is 60.9 Å². The minimum atomic E-state index is -3.58. The van der Waals surface area contributed by atoms with Gasteiger partial charge in [0.2, 0.25) is 0 Å². The van der Waals surface area contributed by atoms with E-state index in [2.05, 4.69) is 43.0 Å². The highest BCUT2D eigenvalue weighted by atomic mass is 32.2. The first kappa shape index (κ1) is 33.4. The van der Waals surface area contributed by atoms with Crippen LogP contribution in [-0.2, 0) is 16.3 Å². The number of aryl methyl sites for hydroxylation is 1. The van der Waals surface area contributed by atoms with Crippen LogP contribution in [0.2, 0.25) is 0 Å². The normalized spacial score (nSPS) is 27.1. The number of rotatable bonds is 14. The van der Waals surface area contributed by atoms with E-state index in [9.17, 15) is 13.5 Å². The fourth-order valence-corrected chi connectivity index (χ4v) is 10.5. The van der Waals surface area contributed by atoms with Gasteiger partial charge in [-0.15, -0.1) is 0 Å². The summed E-state index contributed by atoms with van der Waals surface area (Å²) in [6.45, 7) is 13.5. The first-order chi connectivity index (χ1) is 21.1. The summed E-state index contributed by atoms with van der Waals surface area (Å²) in [6.07, 6.45) is 9.31. The maximum absolute atomic E-state index is 14.1. The summed E-state index contributed by atoms with van der Waals surface area (Å²) in [7, 11) is 0.382. The Hall–Kier alpha value is -1.93. The first-order valence-corrected chi connectivity index (χ1v) is 19.2. The molecule has 7 heteroatoms. The Bertz CT molecular complexity index is 1310. The van der Waals surface area contributed by atoms with Crippen molar-refractivity contribution in [2.24, 2.45) is 5.41 Å². The van der Waals surface area contributed by atoms with Crippen molar-refractivity contribution in [3.63, 3.8) is 0 Å². The molecule has 6 rings (SSSR count). The van der Waals surface area contributed by atoms with E-state index in [0.717, 1.165) is 61.8 Å². The van der Waals surface area contributed by atoms with Crippen LogP contribution < -0.4 is 4.90 Å². The number of nitrogens with zero attached hydrogens (tertiary/aromatic N) is 3. The van der Waals surface area contributed by atoms with Crippen molar-refractivity contribution in [3.05, 3.63) is 59.2 Å². The molecule has 2 bridgehead atoms. The maximum atomic E-state index is 14.1. The van der Waals surface area contributed by atoms with Crippen molar-refractivity contribution in [2.75, 3.05) is 70.6 Å². The zero-order chi connectivity index (χ0) is 31.4. The van der Waals surface area contributed by atoms with Gasteiger partial charge in [0.15, 0.2) is 9.84 Å². The summed E-state index contributed by atoms with van der Waals surface area (Å²) >= 11 is 0. The highest BCUT2D eigenvalue weighted by molar-refractivity contribution is 7.91. The SMILES string of the molecule is CCCCC1(CCCC)CS(=O)(=O)c2ccc(N(C)C)cc2[C@@H](c2ccc(CCCCC[N+]34CCN(CC3)CC4)cc2)[C@H]1O. The molecule has 0 radical (unpaired) electrons. The van der Waals surface area contributed by atoms with Gasteiger partial charge < -0.3 is 14.5 Å². The molecule has 3 fully saturated rings. The lowest BCUT2D eigenvalue weighted by molar-refractivity contribution is -0.941. The third kappa shape index (κ3) is 7.22. The number of hydrogen-bond donors (Lipinski definition) is 1. The third-order valence-electron chi connectivity index (χ3n) is 11.3. The molecular formula is C37H58N3O3S+. The molecule has 2 aromatic rings. The van der Waals surface area contributed by atoms with Crippen LogP contribution >= 0.6 is 0 Å². The molecule has 2 aromatic carbocycles. The summed E-state index contributed by atoms with van der Waals surface area (Å²) in [6, 6.07) is 14.5. The molecule has 6 nitrogen and oxygen atoms in total. The Morgan fingerprint density at radius 1 is 0.886 bits per heavy atom. The molecule has 0 spiro atoms. The molecule has 244 valence electrons. The number of benzene rings is 2. The van der Waals surface area contributed by atoms with E-state index < -0.39 is 21.4 Å². The van der Waals surface area contributed by atoms with E-state index in [-0.39, 0.29) is 11.7 Å². The number of unbranched alkanes of at least 4 members (excludes halogenated alkanes) is 4. The molecule has 4 heterocycles. The minimum Gasteiger partial charge on any atom is -0.392 e. The number of sulfone groups is 1. The van der Waals surface area contributed by atoms with Gasteiger partial charge in [-0.05, 0) is 73.4 Å². The van der Waals surface area contributed by atoms with Crippen LogP contribution in [0.1, 0.15) is 94.2 Å². The van der Waals surface area contributed by atoms with E-state index in [4.69, 9.17) is 0 Å². The zero-order valence-corrected chi connectivity index (χ0v) is 28.8. The van der Waals surface area contributed by atoms with Crippen molar-refractivity contribution in [1.29, 1.82) is 0 Å². The molecule has 0 unspecified atom stereocenters. The fraction of sp³-hybridized carbons (Fsp3) is 0.676. The summed E-state index contributed by atoms with van der Waals surface area (Å²) in [5, 5.41) is 12.4. The largest absolute Gasteiger partial charge is 0.392 e. The van der Waals surface area contributed by atoms with Crippen LogP contribution in [-0.4, -0.2) is 94.7 Å². The second kappa shape index (κ2) is 14.2. The lowest BCUT2D eigenvalue weighted by Gasteiger charge is -2.50. The van der Waals surface area contributed by atoms with Gasteiger partial charge >= 0.3 is 0 Å². The molecule has 4 aliphatic rings. The summed E-state index contributed by atoms with van der Waals surface area (Å²) in [5.41, 5.74) is 3.39. The monoisotopic (exact) mass is 624 g/mol. The molecular weight excluding hydrogens is 566 g/mol. The van der Waals surface area contributed by atoms with Gasteiger partial charge in [0.05, 0.1) is 42.9 Å². The molecule has 0 amide bonds. The van der Waals surface area contributed by atoms with E-state index in [1.807, 2.05) is 31.1 Å². The van der Waals surface area contributed by atoms with E-state index in [1.165, 1.54) is 75.1 Å². The number of piperazine rings is 3. The van der Waals surface area contributed by atoms with E-state index in [1.54, 1.807) is 6.07 Å². The Balaban J connectivity index is 1.37. The lowest BCUT2D eigenvalue weighted by atomic mass is 9.68. The van der Waals surface area contributed by atoms with Crippen LogP contribution in [0.15, 0.2) is 47.4 Å². The summed E-state index contributed by atoms with van der Waals surface area (Å²) in [5.74, 6) is -0.369. The molecule has 1 N–H and O–H groups in total. The standard InChI is InChI=1S/C37H58N3O3S/c1-5-7-19-37(20-8-6-2)29-44(42,43)34-18-17-32(38(3)4)28-33(34)35(36(37)41)31-15-13-30(14-16-31)12-10-9-11-24-40-25-21-39(22-26-40)23-27-40/h13-18,28,35-36,41H,5-12,19-27,29H2,1-4H3/q+1/t35-,36-/m1/s1. The van der Waals surface area contributed by atoms with Gasteiger partial charge in [-0.1, -0.05) is 63.8 Å². The second-order valence-electron chi connectivity index (χ2n) is 14.5. The van der Waals surface area contributed by atoms with Crippen molar-refractivity contribution in [1.82, 2.24) is 4.90 Å². The fourth-order valence-electron chi connectivity index (χ4n) is 8.30. The molecule has 0 saturated carbocycles.